The molecule has 0 aliphatic carbocycles. The van der Waals surface area contributed by atoms with Crippen molar-refractivity contribution >= 4 is 23.3 Å². The highest BCUT2D eigenvalue weighted by Gasteiger charge is 2.16. The minimum absolute atomic E-state index is 0.0633. The van der Waals surface area contributed by atoms with Gasteiger partial charge in [0, 0.05) is 37.1 Å². The molecule has 3 rings (SSSR count). The molecule has 0 amide bonds. The topological polar surface area (TPSA) is 145 Å². The number of nitrogens with zero attached hydrogens (tertiary/aromatic N) is 5. The van der Waals surface area contributed by atoms with E-state index in [1.807, 2.05) is 0 Å². The summed E-state index contributed by atoms with van der Waals surface area (Å²) >= 11 is 0. The summed E-state index contributed by atoms with van der Waals surface area (Å²) < 4.78 is 5.06. The molecule has 0 unspecified atom stereocenters. The molecule has 0 atom stereocenters. The van der Waals surface area contributed by atoms with Crippen molar-refractivity contribution in [3.05, 3.63) is 64.9 Å². The number of carbonyl (C=O) groups excluding carboxylic acids is 1. The lowest BCUT2D eigenvalue weighted by atomic mass is 10.1. The first-order chi connectivity index (χ1) is 14.6. The number of carbonyl (C=O) groups is 1. The summed E-state index contributed by atoms with van der Waals surface area (Å²) in [4.78, 5) is 38.7. The number of pyridine rings is 2. The molecule has 11 nitrogen and oxygen atoms in total. The van der Waals surface area contributed by atoms with Gasteiger partial charge in [-0.1, -0.05) is 0 Å². The molecule has 0 spiro atoms. The number of hydrogen-bond donors (Lipinski definition) is 2. The second-order valence-electron chi connectivity index (χ2n) is 5.95. The fraction of sp³-hybridized carbons (Fsp3) is 0.211. The Morgan fingerprint density at radius 2 is 1.90 bits per heavy atom. The Labute approximate surface area is 171 Å². The average Bonchev–Trinajstić information content (AvgIpc) is 2.77. The number of nitro groups is 1. The molecule has 2 N–H and O–H groups in total. The monoisotopic (exact) mass is 409 g/mol. The Kier molecular flexibility index (Phi) is 6.77. The predicted molar refractivity (Wildman–Crippen MR) is 109 cm³/mol. The van der Waals surface area contributed by atoms with Gasteiger partial charge in [0.15, 0.2) is 0 Å². The van der Waals surface area contributed by atoms with Crippen LogP contribution >= 0.6 is 0 Å². The van der Waals surface area contributed by atoms with Gasteiger partial charge < -0.3 is 15.4 Å². The van der Waals surface area contributed by atoms with E-state index in [0.29, 0.717) is 36.0 Å². The second kappa shape index (κ2) is 9.87. The van der Waals surface area contributed by atoms with Gasteiger partial charge in [-0.15, -0.1) is 0 Å². The zero-order chi connectivity index (χ0) is 21.3. The molecule has 0 radical (unpaired) electrons. The van der Waals surface area contributed by atoms with Gasteiger partial charge in [-0.2, -0.15) is 0 Å². The summed E-state index contributed by atoms with van der Waals surface area (Å²) in [5, 5.41) is 16.9. The first-order valence-electron chi connectivity index (χ1n) is 9.10. The SMILES string of the molecule is CCOC(=O)c1cncnc1-c1ccnc(NCCNc2ccc([N+](=O)[O-])cn2)c1. The van der Waals surface area contributed by atoms with Crippen molar-refractivity contribution in [3.8, 4) is 11.3 Å². The molecule has 0 bridgehead atoms. The van der Waals surface area contributed by atoms with Crippen molar-refractivity contribution in [2.75, 3.05) is 30.3 Å². The molecule has 3 aromatic heterocycles. The normalized spacial score (nSPS) is 10.3. The first-order valence-corrected chi connectivity index (χ1v) is 9.10. The third kappa shape index (κ3) is 5.22. The Hall–Kier alpha value is -4.15. The number of aromatic nitrogens is 4. The molecule has 30 heavy (non-hydrogen) atoms. The highest BCUT2D eigenvalue weighted by molar-refractivity contribution is 5.95. The number of nitrogens with one attached hydrogen (secondary N) is 2. The van der Waals surface area contributed by atoms with E-state index >= 15 is 0 Å². The van der Waals surface area contributed by atoms with Gasteiger partial charge >= 0.3 is 5.97 Å². The van der Waals surface area contributed by atoms with Crippen LogP contribution in [0.25, 0.3) is 11.3 Å². The lowest BCUT2D eigenvalue weighted by molar-refractivity contribution is -0.385. The van der Waals surface area contributed by atoms with Crippen molar-refractivity contribution in [2.45, 2.75) is 6.92 Å². The Morgan fingerprint density at radius 1 is 1.10 bits per heavy atom. The molecule has 0 saturated heterocycles. The summed E-state index contributed by atoms with van der Waals surface area (Å²) in [7, 11) is 0. The molecule has 0 aromatic carbocycles. The van der Waals surface area contributed by atoms with Gasteiger partial charge in [-0.05, 0) is 25.1 Å². The number of anilines is 2. The Balaban J connectivity index is 1.61. The van der Waals surface area contributed by atoms with Crippen LogP contribution in [-0.2, 0) is 4.74 Å². The molecule has 0 aliphatic rings. The number of hydrogen-bond acceptors (Lipinski definition) is 10. The zero-order valence-electron chi connectivity index (χ0n) is 16.1. The number of rotatable bonds is 9. The second-order valence-corrected chi connectivity index (χ2v) is 5.95. The van der Waals surface area contributed by atoms with Gasteiger partial charge in [-0.25, -0.2) is 24.7 Å². The van der Waals surface area contributed by atoms with E-state index in [2.05, 4.69) is 30.6 Å². The zero-order valence-corrected chi connectivity index (χ0v) is 16.1. The quantitative estimate of drug-likeness (QED) is 0.234. The van der Waals surface area contributed by atoms with E-state index in [0.717, 1.165) is 0 Å². The fourth-order valence-electron chi connectivity index (χ4n) is 2.57. The maximum absolute atomic E-state index is 12.1. The van der Waals surface area contributed by atoms with Crippen molar-refractivity contribution in [1.29, 1.82) is 0 Å². The van der Waals surface area contributed by atoms with Crippen molar-refractivity contribution in [3.63, 3.8) is 0 Å². The molecule has 0 saturated carbocycles. The third-order valence-corrected chi connectivity index (χ3v) is 3.94. The molecule has 0 aliphatic heterocycles. The van der Waals surface area contributed by atoms with Crippen LogP contribution in [0.15, 0.2) is 49.2 Å². The fourth-order valence-corrected chi connectivity index (χ4v) is 2.57. The van der Waals surface area contributed by atoms with E-state index in [1.54, 1.807) is 31.3 Å². The van der Waals surface area contributed by atoms with Crippen molar-refractivity contribution in [1.82, 2.24) is 19.9 Å². The van der Waals surface area contributed by atoms with E-state index in [1.165, 1.54) is 24.8 Å². The minimum Gasteiger partial charge on any atom is -0.462 e. The maximum Gasteiger partial charge on any atom is 0.341 e. The highest BCUT2D eigenvalue weighted by atomic mass is 16.6. The smallest absolute Gasteiger partial charge is 0.341 e. The van der Waals surface area contributed by atoms with Gasteiger partial charge in [0.2, 0.25) is 0 Å². The number of esters is 1. The summed E-state index contributed by atoms with van der Waals surface area (Å²) in [5.74, 6) is 0.641. The van der Waals surface area contributed by atoms with Crippen molar-refractivity contribution < 1.29 is 14.5 Å². The van der Waals surface area contributed by atoms with E-state index in [9.17, 15) is 14.9 Å². The summed E-state index contributed by atoms with van der Waals surface area (Å²) in [6, 6.07) is 6.45. The van der Waals surface area contributed by atoms with Crippen LogP contribution < -0.4 is 10.6 Å². The maximum atomic E-state index is 12.1. The minimum atomic E-state index is -0.498. The van der Waals surface area contributed by atoms with Crippen LogP contribution in [0.2, 0.25) is 0 Å². The van der Waals surface area contributed by atoms with Crippen LogP contribution in [0.3, 0.4) is 0 Å². The van der Waals surface area contributed by atoms with Crippen LogP contribution in [0.4, 0.5) is 17.3 Å². The van der Waals surface area contributed by atoms with Crippen LogP contribution in [0.5, 0.6) is 0 Å². The van der Waals surface area contributed by atoms with Gasteiger partial charge in [0.05, 0.1) is 17.2 Å². The highest BCUT2D eigenvalue weighted by Crippen LogP contribution is 2.23. The molecular weight excluding hydrogens is 390 g/mol. The van der Waals surface area contributed by atoms with Gasteiger partial charge in [0.1, 0.15) is 29.7 Å². The Bertz CT molecular complexity index is 1030. The summed E-state index contributed by atoms with van der Waals surface area (Å²) in [6.45, 7) is 3.02. The first kappa shape index (κ1) is 20.6. The molecule has 3 heterocycles. The van der Waals surface area contributed by atoms with E-state index in [4.69, 9.17) is 4.74 Å². The van der Waals surface area contributed by atoms with Crippen molar-refractivity contribution in [2.24, 2.45) is 0 Å². The Morgan fingerprint density at radius 3 is 2.60 bits per heavy atom. The van der Waals surface area contributed by atoms with Gasteiger partial charge in [0.25, 0.3) is 5.69 Å². The van der Waals surface area contributed by atoms with Crippen LogP contribution in [0.1, 0.15) is 17.3 Å². The predicted octanol–water partition coefficient (Wildman–Crippen LogP) is 2.54. The molecule has 11 heteroatoms. The number of ether oxygens (including phenoxy) is 1. The van der Waals surface area contributed by atoms with Crippen LogP contribution in [0, 0.1) is 10.1 Å². The lowest BCUT2D eigenvalue weighted by Gasteiger charge is -2.10. The van der Waals surface area contributed by atoms with E-state index in [-0.39, 0.29) is 17.9 Å². The largest absolute Gasteiger partial charge is 0.462 e. The standard InChI is InChI=1S/C19H19N7O4/c1-2-30-19(27)15-11-20-12-25-18(15)13-5-6-21-17(9-13)23-8-7-22-16-4-3-14(10-24-16)26(28)29/h3-6,9-12H,2,7-8H2,1H3,(H,21,23)(H,22,24). The molecule has 3 aromatic rings. The molecule has 0 fully saturated rings. The van der Waals surface area contributed by atoms with E-state index < -0.39 is 10.9 Å². The molecule has 154 valence electrons. The summed E-state index contributed by atoms with van der Waals surface area (Å²) in [6.07, 6.45) is 5.60. The molecular formula is C19H19N7O4. The van der Waals surface area contributed by atoms with Crippen LogP contribution in [-0.4, -0.2) is 50.5 Å². The third-order valence-electron chi connectivity index (χ3n) is 3.94. The van der Waals surface area contributed by atoms with Gasteiger partial charge in [-0.3, -0.25) is 10.1 Å². The average molecular weight is 409 g/mol. The lowest BCUT2D eigenvalue weighted by Crippen LogP contribution is -2.15. The summed E-state index contributed by atoms with van der Waals surface area (Å²) in [5.41, 5.74) is 1.37.